The quantitative estimate of drug-likeness (QED) is 0.910. The van der Waals surface area contributed by atoms with Gasteiger partial charge in [0.1, 0.15) is 11.4 Å². The summed E-state index contributed by atoms with van der Waals surface area (Å²) >= 11 is 1.32. The molecule has 0 radical (unpaired) electrons. The number of hydrogen-bond donors (Lipinski definition) is 1. The normalized spacial score (nSPS) is 20.4. The van der Waals surface area contributed by atoms with E-state index in [-0.39, 0.29) is 5.91 Å². The van der Waals surface area contributed by atoms with E-state index in [9.17, 15) is 4.79 Å². The second-order valence-electron chi connectivity index (χ2n) is 5.48. The molecule has 1 atom stereocenters. The van der Waals surface area contributed by atoms with E-state index in [1.807, 2.05) is 38.1 Å². The second kappa shape index (κ2) is 6.64. The molecule has 1 aliphatic rings. The van der Waals surface area contributed by atoms with Crippen LogP contribution in [0, 0.1) is 0 Å². The van der Waals surface area contributed by atoms with Crippen molar-refractivity contribution in [3.63, 3.8) is 0 Å². The van der Waals surface area contributed by atoms with E-state index in [0.29, 0.717) is 23.4 Å². The fourth-order valence-corrected chi connectivity index (χ4v) is 3.26. The molecule has 1 amide bonds. The molecule has 1 fully saturated rings. The molecule has 122 valence electrons. The molecule has 0 aliphatic carbocycles. The van der Waals surface area contributed by atoms with Gasteiger partial charge in [-0.3, -0.25) is 10.1 Å². The average molecular weight is 333 g/mol. The van der Waals surface area contributed by atoms with Gasteiger partial charge in [0.15, 0.2) is 5.01 Å². The number of ether oxygens (including phenoxy) is 2. The minimum atomic E-state index is -0.769. The highest BCUT2D eigenvalue weighted by molar-refractivity contribution is 7.18. The van der Waals surface area contributed by atoms with Crippen LogP contribution in [-0.2, 0) is 9.53 Å². The predicted molar refractivity (Wildman–Crippen MR) is 88.7 cm³/mol. The number of hydrogen-bond acceptors (Lipinski definition) is 6. The predicted octanol–water partition coefficient (Wildman–Crippen LogP) is 3.11. The molecular formula is C16H19N3O3S. The Morgan fingerprint density at radius 2 is 2.26 bits per heavy atom. The molecule has 2 heterocycles. The Balaban J connectivity index is 1.77. The van der Waals surface area contributed by atoms with Crippen LogP contribution in [0.25, 0.3) is 10.6 Å². The monoisotopic (exact) mass is 333 g/mol. The lowest BCUT2D eigenvalue weighted by Gasteiger charge is -2.20. The molecule has 1 saturated heterocycles. The maximum atomic E-state index is 12.3. The number of carbonyl (C=O) groups excluding carboxylic acids is 1. The summed E-state index contributed by atoms with van der Waals surface area (Å²) in [6.07, 6.45) is 1.62. The number of para-hydroxylation sites is 1. The zero-order valence-corrected chi connectivity index (χ0v) is 14.0. The van der Waals surface area contributed by atoms with Crippen molar-refractivity contribution in [3.8, 4) is 16.3 Å². The molecular weight excluding hydrogens is 314 g/mol. The number of carbonyl (C=O) groups is 1. The first-order valence-electron chi connectivity index (χ1n) is 7.63. The van der Waals surface area contributed by atoms with Gasteiger partial charge in [0.25, 0.3) is 5.91 Å². The Labute approximate surface area is 138 Å². The maximum absolute atomic E-state index is 12.3. The Hall–Kier alpha value is -1.99. The van der Waals surface area contributed by atoms with Gasteiger partial charge in [-0.25, -0.2) is 0 Å². The van der Waals surface area contributed by atoms with Gasteiger partial charge in [-0.1, -0.05) is 23.5 Å². The van der Waals surface area contributed by atoms with Crippen LogP contribution >= 0.6 is 11.3 Å². The zero-order valence-electron chi connectivity index (χ0n) is 13.2. The summed E-state index contributed by atoms with van der Waals surface area (Å²) in [5, 5.41) is 12.2. The van der Waals surface area contributed by atoms with Crippen molar-refractivity contribution in [2.45, 2.75) is 32.3 Å². The first-order valence-corrected chi connectivity index (χ1v) is 8.45. The molecule has 1 aromatic heterocycles. The van der Waals surface area contributed by atoms with Gasteiger partial charge in [0, 0.05) is 6.61 Å². The molecule has 7 heteroatoms. The van der Waals surface area contributed by atoms with Crippen molar-refractivity contribution >= 4 is 22.4 Å². The number of nitrogens with one attached hydrogen (secondary N) is 1. The van der Waals surface area contributed by atoms with Crippen molar-refractivity contribution in [2.75, 3.05) is 18.5 Å². The number of benzene rings is 1. The summed E-state index contributed by atoms with van der Waals surface area (Å²) in [4.78, 5) is 12.3. The highest BCUT2D eigenvalue weighted by Crippen LogP contribution is 2.34. The van der Waals surface area contributed by atoms with E-state index in [1.165, 1.54) is 11.3 Å². The van der Waals surface area contributed by atoms with Crippen LogP contribution in [-0.4, -0.2) is 34.9 Å². The maximum Gasteiger partial charge on any atom is 0.258 e. The van der Waals surface area contributed by atoms with Crippen molar-refractivity contribution < 1.29 is 14.3 Å². The van der Waals surface area contributed by atoms with Crippen molar-refractivity contribution in [1.82, 2.24) is 10.2 Å². The lowest BCUT2D eigenvalue weighted by atomic mass is 10.0. The molecule has 3 rings (SSSR count). The minimum absolute atomic E-state index is 0.171. The van der Waals surface area contributed by atoms with Crippen LogP contribution in [0.4, 0.5) is 5.13 Å². The van der Waals surface area contributed by atoms with E-state index < -0.39 is 5.60 Å². The molecule has 0 saturated carbocycles. The first-order chi connectivity index (χ1) is 11.1. The number of aromatic nitrogens is 2. The van der Waals surface area contributed by atoms with Gasteiger partial charge in [0.2, 0.25) is 5.13 Å². The van der Waals surface area contributed by atoms with Crippen LogP contribution in [0.1, 0.15) is 26.7 Å². The Morgan fingerprint density at radius 3 is 3.00 bits per heavy atom. The van der Waals surface area contributed by atoms with Gasteiger partial charge in [0.05, 0.1) is 12.2 Å². The van der Waals surface area contributed by atoms with Crippen molar-refractivity contribution in [2.24, 2.45) is 0 Å². The number of rotatable bonds is 5. The lowest BCUT2D eigenvalue weighted by Crippen LogP contribution is -2.39. The fourth-order valence-electron chi connectivity index (χ4n) is 2.49. The zero-order chi connectivity index (χ0) is 16.3. The molecule has 23 heavy (non-hydrogen) atoms. The highest BCUT2D eigenvalue weighted by atomic mass is 32.1. The Kier molecular flexibility index (Phi) is 4.58. The van der Waals surface area contributed by atoms with E-state index >= 15 is 0 Å². The van der Waals surface area contributed by atoms with Crippen molar-refractivity contribution in [3.05, 3.63) is 24.3 Å². The third-order valence-corrected chi connectivity index (χ3v) is 4.63. The topological polar surface area (TPSA) is 73.3 Å². The molecule has 0 bridgehead atoms. The third kappa shape index (κ3) is 3.35. The molecule has 2 aromatic rings. The molecule has 1 aromatic carbocycles. The van der Waals surface area contributed by atoms with Crippen LogP contribution in [0.15, 0.2) is 24.3 Å². The minimum Gasteiger partial charge on any atom is -0.493 e. The third-order valence-electron chi connectivity index (χ3n) is 3.76. The Morgan fingerprint density at radius 1 is 1.43 bits per heavy atom. The van der Waals surface area contributed by atoms with Gasteiger partial charge >= 0.3 is 0 Å². The highest BCUT2D eigenvalue weighted by Gasteiger charge is 2.38. The smallest absolute Gasteiger partial charge is 0.258 e. The van der Waals surface area contributed by atoms with Gasteiger partial charge in [-0.15, -0.1) is 10.2 Å². The SMILES string of the molecule is CCOc1ccccc1-c1nnc(NC(=O)C2(C)CCCO2)s1. The average Bonchev–Trinajstić information content (AvgIpc) is 3.18. The van der Waals surface area contributed by atoms with Gasteiger partial charge in [-0.05, 0) is 38.8 Å². The second-order valence-corrected chi connectivity index (χ2v) is 6.46. The first kappa shape index (κ1) is 15.9. The van der Waals surface area contributed by atoms with Crippen LogP contribution in [0.2, 0.25) is 0 Å². The van der Waals surface area contributed by atoms with Crippen LogP contribution in [0.5, 0.6) is 5.75 Å². The van der Waals surface area contributed by atoms with Crippen LogP contribution < -0.4 is 10.1 Å². The standard InChI is InChI=1S/C16H19N3O3S/c1-3-21-12-8-5-4-7-11(12)13-18-19-15(23-13)17-14(20)16(2)9-6-10-22-16/h4-5,7-8H,3,6,9-10H2,1-2H3,(H,17,19,20). The van der Waals surface area contributed by atoms with Crippen LogP contribution in [0.3, 0.4) is 0 Å². The van der Waals surface area contributed by atoms with E-state index in [0.717, 1.165) is 24.2 Å². The summed E-state index contributed by atoms with van der Waals surface area (Å²) in [5.41, 5.74) is 0.102. The summed E-state index contributed by atoms with van der Waals surface area (Å²) in [6.45, 7) is 4.94. The van der Waals surface area contributed by atoms with E-state index in [2.05, 4.69) is 15.5 Å². The molecule has 0 spiro atoms. The molecule has 1 N–H and O–H groups in total. The molecule has 1 unspecified atom stereocenters. The van der Waals surface area contributed by atoms with Gasteiger partial charge in [-0.2, -0.15) is 0 Å². The summed E-state index contributed by atoms with van der Waals surface area (Å²) in [6, 6.07) is 7.66. The fraction of sp³-hybridized carbons (Fsp3) is 0.438. The number of anilines is 1. The number of amides is 1. The van der Waals surface area contributed by atoms with Gasteiger partial charge < -0.3 is 9.47 Å². The lowest BCUT2D eigenvalue weighted by molar-refractivity contribution is -0.133. The summed E-state index contributed by atoms with van der Waals surface area (Å²) in [7, 11) is 0. The summed E-state index contributed by atoms with van der Waals surface area (Å²) < 4.78 is 11.2. The van der Waals surface area contributed by atoms with E-state index in [1.54, 1.807) is 0 Å². The van der Waals surface area contributed by atoms with E-state index in [4.69, 9.17) is 9.47 Å². The number of nitrogens with zero attached hydrogens (tertiary/aromatic N) is 2. The molecule has 6 nitrogen and oxygen atoms in total. The van der Waals surface area contributed by atoms with Crippen molar-refractivity contribution in [1.29, 1.82) is 0 Å². The molecule has 1 aliphatic heterocycles. The Bertz CT molecular complexity index is 695. The summed E-state index contributed by atoms with van der Waals surface area (Å²) in [5.74, 6) is 0.589. The largest absolute Gasteiger partial charge is 0.493 e.